The van der Waals surface area contributed by atoms with Crippen LogP contribution >= 0.6 is 0 Å². The van der Waals surface area contributed by atoms with E-state index in [4.69, 9.17) is 4.74 Å². The lowest BCUT2D eigenvalue weighted by molar-refractivity contribution is -0.139. The smallest absolute Gasteiger partial charge is 0.419 e. The number of fused-ring (bicyclic) bond motifs is 1. The van der Waals surface area contributed by atoms with Crippen LogP contribution in [0.2, 0.25) is 0 Å². The van der Waals surface area contributed by atoms with Gasteiger partial charge in [-0.2, -0.15) is 13.2 Å². The number of nitrogens with one attached hydrogen (secondary N) is 1. The van der Waals surface area contributed by atoms with Crippen LogP contribution in [0, 0.1) is 5.92 Å². The van der Waals surface area contributed by atoms with Crippen LogP contribution in [-0.4, -0.2) is 16.6 Å². The van der Waals surface area contributed by atoms with E-state index in [1.54, 1.807) is 12.4 Å². The Balaban J connectivity index is 1.67. The van der Waals surface area contributed by atoms with E-state index in [-0.39, 0.29) is 18.3 Å². The van der Waals surface area contributed by atoms with Crippen LogP contribution in [0.15, 0.2) is 30.6 Å². The first-order valence-corrected chi connectivity index (χ1v) is 6.84. The van der Waals surface area contributed by atoms with Crippen molar-refractivity contribution in [2.24, 2.45) is 5.92 Å². The Morgan fingerprint density at radius 2 is 2.10 bits per heavy atom. The van der Waals surface area contributed by atoms with Crippen molar-refractivity contribution in [1.82, 2.24) is 9.97 Å². The number of imidazole rings is 1. The van der Waals surface area contributed by atoms with Gasteiger partial charge in [0.15, 0.2) is 0 Å². The number of alkyl halides is 3. The van der Waals surface area contributed by atoms with Crippen molar-refractivity contribution in [3.63, 3.8) is 0 Å². The molecule has 0 radical (unpaired) electrons. The maximum atomic E-state index is 12.9. The van der Waals surface area contributed by atoms with Gasteiger partial charge < -0.3 is 9.72 Å². The summed E-state index contributed by atoms with van der Waals surface area (Å²) in [4.78, 5) is 7.29. The summed E-state index contributed by atoms with van der Waals surface area (Å²) in [6.07, 6.45) is -0.240. The van der Waals surface area contributed by atoms with E-state index in [0.717, 1.165) is 36.7 Å². The van der Waals surface area contributed by atoms with Crippen LogP contribution < -0.4 is 4.74 Å². The van der Waals surface area contributed by atoms with Crippen LogP contribution in [0.4, 0.5) is 13.2 Å². The number of hydrogen-bond acceptors (Lipinski definition) is 2. The lowest BCUT2D eigenvalue weighted by atomic mass is 9.90. The molecule has 1 unspecified atom stereocenters. The molecule has 1 aromatic heterocycles. The van der Waals surface area contributed by atoms with Crippen molar-refractivity contribution >= 4 is 0 Å². The number of benzene rings is 1. The van der Waals surface area contributed by atoms with Gasteiger partial charge in [-0.05, 0) is 37.3 Å². The standard InChI is InChI=1S/C15H15F3N2O/c16-15(17,18)11-3-1-2-4-14(11)21-8-10-5-6-12-13(7-10)20-9-19-12/h1-4,9-10H,5-8H2,(H,19,20). The average molecular weight is 296 g/mol. The minimum Gasteiger partial charge on any atom is -0.493 e. The lowest BCUT2D eigenvalue weighted by Gasteiger charge is -2.22. The van der Waals surface area contributed by atoms with E-state index >= 15 is 0 Å². The summed E-state index contributed by atoms with van der Waals surface area (Å²) >= 11 is 0. The summed E-state index contributed by atoms with van der Waals surface area (Å²) in [5.74, 6) is 0.111. The number of para-hydroxylation sites is 1. The Morgan fingerprint density at radius 3 is 2.90 bits per heavy atom. The quantitative estimate of drug-likeness (QED) is 0.939. The molecule has 6 heteroatoms. The fourth-order valence-electron chi connectivity index (χ4n) is 2.65. The molecule has 1 heterocycles. The molecule has 1 N–H and O–H groups in total. The number of aryl methyl sites for hydroxylation is 1. The largest absolute Gasteiger partial charge is 0.493 e. The lowest BCUT2D eigenvalue weighted by Crippen LogP contribution is -2.21. The monoisotopic (exact) mass is 296 g/mol. The third-order valence-corrected chi connectivity index (χ3v) is 3.76. The Bertz CT molecular complexity index is 621. The van der Waals surface area contributed by atoms with Crippen LogP contribution in [-0.2, 0) is 19.0 Å². The zero-order valence-electron chi connectivity index (χ0n) is 11.3. The molecule has 3 rings (SSSR count). The Kier molecular flexibility index (Phi) is 3.61. The first kappa shape index (κ1) is 14.0. The topological polar surface area (TPSA) is 37.9 Å². The van der Waals surface area contributed by atoms with E-state index in [1.165, 1.54) is 12.1 Å². The Labute approximate surface area is 120 Å². The third-order valence-electron chi connectivity index (χ3n) is 3.76. The minimum atomic E-state index is -4.39. The number of aromatic amines is 1. The number of ether oxygens (including phenoxy) is 1. The summed E-state index contributed by atoms with van der Waals surface area (Å²) in [7, 11) is 0. The molecule has 3 nitrogen and oxygen atoms in total. The van der Waals surface area contributed by atoms with Crippen molar-refractivity contribution in [2.75, 3.05) is 6.61 Å². The summed E-state index contributed by atoms with van der Waals surface area (Å²) < 4.78 is 44.1. The number of hydrogen-bond donors (Lipinski definition) is 1. The number of rotatable bonds is 3. The van der Waals surface area contributed by atoms with Crippen molar-refractivity contribution in [3.8, 4) is 5.75 Å². The number of nitrogens with zero attached hydrogens (tertiary/aromatic N) is 1. The fraction of sp³-hybridized carbons (Fsp3) is 0.400. The second-order valence-electron chi connectivity index (χ2n) is 5.24. The third kappa shape index (κ3) is 3.04. The average Bonchev–Trinajstić information content (AvgIpc) is 2.92. The molecule has 1 aliphatic carbocycles. The molecular weight excluding hydrogens is 281 g/mol. The van der Waals surface area contributed by atoms with Crippen LogP contribution in [0.1, 0.15) is 23.4 Å². The van der Waals surface area contributed by atoms with Gasteiger partial charge in [0.25, 0.3) is 0 Å². The SMILES string of the molecule is FC(F)(F)c1ccccc1OCC1CCc2nc[nH]c2C1. The molecule has 0 amide bonds. The van der Waals surface area contributed by atoms with Crippen molar-refractivity contribution in [3.05, 3.63) is 47.5 Å². The van der Waals surface area contributed by atoms with Gasteiger partial charge in [0.2, 0.25) is 0 Å². The molecule has 1 aliphatic rings. The molecule has 0 fully saturated rings. The normalized spacial score (nSPS) is 18.3. The summed E-state index contributed by atoms with van der Waals surface area (Å²) in [5.41, 5.74) is 1.41. The molecule has 0 saturated heterocycles. The predicted molar refractivity (Wildman–Crippen MR) is 71.0 cm³/mol. The molecule has 0 aliphatic heterocycles. The zero-order chi connectivity index (χ0) is 14.9. The first-order valence-electron chi connectivity index (χ1n) is 6.84. The number of halogens is 3. The summed E-state index contributed by atoms with van der Waals surface area (Å²) in [5, 5.41) is 0. The molecule has 1 atom stereocenters. The molecular formula is C15H15F3N2O. The number of H-pyrrole nitrogens is 1. The van der Waals surface area contributed by atoms with E-state index < -0.39 is 11.7 Å². The van der Waals surface area contributed by atoms with Gasteiger partial charge in [-0.25, -0.2) is 4.98 Å². The molecule has 1 aromatic carbocycles. The number of aromatic nitrogens is 2. The minimum absolute atomic E-state index is 0.0968. The summed E-state index contributed by atoms with van der Waals surface area (Å²) in [6.45, 7) is 0.283. The van der Waals surface area contributed by atoms with Crippen LogP contribution in [0.25, 0.3) is 0 Å². The molecule has 0 saturated carbocycles. The van der Waals surface area contributed by atoms with Gasteiger partial charge in [0, 0.05) is 5.69 Å². The maximum absolute atomic E-state index is 12.9. The molecule has 2 aromatic rings. The highest BCUT2D eigenvalue weighted by atomic mass is 19.4. The highest BCUT2D eigenvalue weighted by Crippen LogP contribution is 2.36. The Morgan fingerprint density at radius 1 is 1.29 bits per heavy atom. The molecule has 0 bridgehead atoms. The van der Waals surface area contributed by atoms with E-state index in [2.05, 4.69) is 9.97 Å². The highest BCUT2D eigenvalue weighted by molar-refractivity contribution is 5.35. The van der Waals surface area contributed by atoms with E-state index in [0.29, 0.717) is 0 Å². The van der Waals surface area contributed by atoms with Crippen molar-refractivity contribution in [1.29, 1.82) is 0 Å². The van der Waals surface area contributed by atoms with Gasteiger partial charge in [-0.3, -0.25) is 0 Å². The Hall–Kier alpha value is -1.98. The fourth-order valence-corrected chi connectivity index (χ4v) is 2.65. The van der Waals surface area contributed by atoms with Gasteiger partial charge in [-0.1, -0.05) is 12.1 Å². The van der Waals surface area contributed by atoms with E-state index in [1.807, 2.05) is 0 Å². The second kappa shape index (κ2) is 5.42. The molecule has 21 heavy (non-hydrogen) atoms. The van der Waals surface area contributed by atoms with E-state index in [9.17, 15) is 13.2 Å². The van der Waals surface area contributed by atoms with Gasteiger partial charge in [0.05, 0.1) is 24.2 Å². The van der Waals surface area contributed by atoms with Crippen LogP contribution in [0.3, 0.4) is 0 Å². The zero-order valence-corrected chi connectivity index (χ0v) is 11.3. The van der Waals surface area contributed by atoms with Gasteiger partial charge in [0.1, 0.15) is 5.75 Å². The van der Waals surface area contributed by atoms with Crippen LogP contribution in [0.5, 0.6) is 5.75 Å². The van der Waals surface area contributed by atoms with Crippen molar-refractivity contribution < 1.29 is 17.9 Å². The maximum Gasteiger partial charge on any atom is 0.419 e. The highest BCUT2D eigenvalue weighted by Gasteiger charge is 2.34. The second-order valence-corrected chi connectivity index (χ2v) is 5.24. The first-order chi connectivity index (χ1) is 10.0. The van der Waals surface area contributed by atoms with Crippen molar-refractivity contribution in [2.45, 2.75) is 25.4 Å². The molecule has 112 valence electrons. The van der Waals surface area contributed by atoms with Gasteiger partial charge in [-0.15, -0.1) is 0 Å². The summed E-state index contributed by atoms with van der Waals surface area (Å²) in [6, 6.07) is 5.34. The molecule has 0 spiro atoms. The predicted octanol–water partition coefficient (Wildman–Crippen LogP) is 3.61. The van der Waals surface area contributed by atoms with Gasteiger partial charge >= 0.3 is 6.18 Å².